The smallest absolute Gasteiger partial charge is 0.262 e. The summed E-state index contributed by atoms with van der Waals surface area (Å²) in [6.07, 6.45) is 0. The summed E-state index contributed by atoms with van der Waals surface area (Å²) < 4.78 is 15.7. The molecule has 3 rings (SSSR count). The second-order valence-corrected chi connectivity index (χ2v) is 5.04. The maximum Gasteiger partial charge on any atom is 0.262 e. The molecular formula is C17H16N2O5. The molecule has 0 fully saturated rings. The van der Waals surface area contributed by atoms with Crippen LogP contribution in [-0.2, 0) is 4.79 Å². The van der Waals surface area contributed by atoms with Gasteiger partial charge in [0.25, 0.3) is 11.8 Å². The van der Waals surface area contributed by atoms with Crippen LogP contribution in [0.5, 0.6) is 17.2 Å². The van der Waals surface area contributed by atoms with Gasteiger partial charge in [-0.25, -0.2) is 0 Å². The summed E-state index contributed by atoms with van der Waals surface area (Å²) in [7, 11) is 3.02. The molecule has 2 amide bonds. The molecule has 0 radical (unpaired) electrons. The fourth-order valence-corrected chi connectivity index (χ4v) is 2.38. The van der Waals surface area contributed by atoms with Crippen LogP contribution in [0.15, 0.2) is 36.4 Å². The Bertz CT molecular complexity index is 804. The van der Waals surface area contributed by atoms with Crippen molar-refractivity contribution in [1.29, 1.82) is 0 Å². The summed E-state index contributed by atoms with van der Waals surface area (Å²) in [6, 6.07) is 10.0. The topological polar surface area (TPSA) is 85.9 Å². The average Bonchev–Trinajstić information content (AvgIpc) is 2.61. The lowest BCUT2D eigenvalue weighted by Crippen LogP contribution is -2.26. The number of amides is 2. The molecule has 0 aromatic heterocycles. The van der Waals surface area contributed by atoms with Gasteiger partial charge in [-0.1, -0.05) is 6.07 Å². The summed E-state index contributed by atoms with van der Waals surface area (Å²) >= 11 is 0. The third-order valence-electron chi connectivity index (χ3n) is 3.54. The summed E-state index contributed by atoms with van der Waals surface area (Å²) in [6.45, 7) is -0.0416. The lowest BCUT2D eigenvalue weighted by atomic mass is 10.1. The van der Waals surface area contributed by atoms with Crippen molar-refractivity contribution in [2.45, 2.75) is 0 Å². The van der Waals surface area contributed by atoms with Crippen molar-refractivity contribution in [3.05, 3.63) is 42.0 Å². The number of hydrogen-bond donors (Lipinski definition) is 2. The van der Waals surface area contributed by atoms with Gasteiger partial charge in [0.15, 0.2) is 18.1 Å². The molecule has 0 saturated carbocycles. The number of para-hydroxylation sites is 1. The number of benzene rings is 2. The Morgan fingerprint density at radius 3 is 2.71 bits per heavy atom. The molecule has 0 spiro atoms. The molecule has 0 unspecified atom stereocenters. The average molecular weight is 328 g/mol. The fourth-order valence-electron chi connectivity index (χ4n) is 2.38. The molecule has 7 heteroatoms. The van der Waals surface area contributed by atoms with Crippen molar-refractivity contribution in [3.63, 3.8) is 0 Å². The lowest BCUT2D eigenvalue weighted by molar-refractivity contribution is -0.118. The maximum absolute atomic E-state index is 12.5. The van der Waals surface area contributed by atoms with E-state index in [0.717, 1.165) is 0 Å². The highest BCUT2D eigenvalue weighted by molar-refractivity contribution is 6.09. The Kier molecular flexibility index (Phi) is 4.24. The number of ether oxygens (including phenoxy) is 3. The highest BCUT2D eigenvalue weighted by atomic mass is 16.5. The predicted octanol–water partition coefficient (Wildman–Crippen LogP) is 2.29. The van der Waals surface area contributed by atoms with Crippen molar-refractivity contribution < 1.29 is 23.8 Å². The van der Waals surface area contributed by atoms with Gasteiger partial charge >= 0.3 is 0 Å². The SMILES string of the molecule is COc1ccc(C(=O)Nc2cccc3c2NC(=O)CO3)cc1OC. The largest absolute Gasteiger partial charge is 0.493 e. The van der Waals surface area contributed by atoms with Crippen LogP contribution >= 0.6 is 0 Å². The van der Waals surface area contributed by atoms with E-state index in [9.17, 15) is 9.59 Å². The van der Waals surface area contributed by atoms with E-state index in [4.69, 9.17) is 14.2 Å². The molecule has 0 saturated heterocycles. The molecular weight excluding hydrogens is 312 g/mol. The van der Waals surface area contributed by atoms with Crippen LogP contribution in [0.4, 0.5) is 11.4 Å². The van der Waals surface area contributed by atoms with Gasteiger partial charge in [0.1, 0.15) is 11.4 Å². The molecule has 2 aromatic carbocycles. The quantitative estimate of drug-likeness (QED) is 0.899. The van der Waals surface area contributed by atoms with E-state index in [1.807, 2.05) is 0 Å². The standard InChI is InChI=1S/C17H16N2O5/c1-22-12-7-6-10(8-14(12)23-2)17(21)18-11-4-3-5-13-16(11)19-15(20)9-24-13/h3-8H,9H2,1-2H3,(H,18,21)(H,19,20). The molecule has 7 nitrogen and oxygen atoms in total. The van der Waals surface area contributed by atoms with Crippen LogP contribution in [0.2, 0.25) is 0 Å². The first kappa shape index (κ1) is 15.7. The number of carbonyl (C=O) groups is 2. The minimum absolute atomic E-state index is 0.0416. The summed E-state index contributed by atoms with van der Waals surface area (Å²) in [5, 5.41) is 5.47. The first-order chi connectivity index (χ1) is 11.6. The van der Waals surface area contributed by atoms with Gasteiger partial charge in [-0.05, 0) is 30.3 Å². The summed E-state index contributed by atoms with van der Waals surface area (Å²) in [5.74, 6) is 0.892. The Morgan fingerprint density at radius 2 is 1.96 bits per heavy atom. The van der Waals surface area contributed by atoms with Gasteiger partial charge in [0.2, 0.25) is 0 Å². The minimum atomic E-state index is -0.343. The van der Waals surface area contributed by atoms with Crippen LogP contribution in [0.25, 0.3) is 0 Å². The van der Waals surface area contributed by atoms with Gasteiger partial charge in [-0.2, -0.15) is 0 Å². The monoisotopic (exact) mass is 328 g/mol. The first-order valence-electron chi connectivity index (χ1n) is 7.21. The number of methoxy groups -OCH3 is 2. The van der Waals surface area contributed by atoms with Gasteiger partial charge < -0.3 is 24.8 Å². The summed E-state index contributed by atoms with van der Waals surface area (Å²) in [4.78, 5) is 24.0. The molecule has 0 aliphatic carbocycles. The first-order valence-corrected chi connectivity index (χ1v) is 7.21. The van der Waals surface area contributed by atoms with Gasteiger partial charge in [-0.3, -0.25) is 9.59 Å². The second-order valence-electron chi connectivity index (χ2n) is 5.04. The van der Waals surface area contributed by atoms with Crippen molar-refractivity contribution >= 4 is 23.2 Å². The van der Waals surface area contributed by atoms with E-state index in [2.05, 4.69) is 10.6 Å². The number of hydrogen-bond acceptors (Lipinski definition) is 5. The molecule has 0 atom stereocenters. The molecule has 1 heterocycles. The van der Waals surface area contributed by atoms with E-state index in [1.54, 1.807) is 36.4 Å². The molecule has 2 N–H and O–H groups in total. The van der Waals surface area contributed by atoms with Crippen molar-refractivity contribution in [2.24, 2.45) is 0 Å². The van der Waals surface area contributed by atoms with E-state index in [-0.39, 0.29) is 18.4 Å². The summed E-state index contributed by atoms with van der Waals surface area (Å²) in [5.41, 5.74) is 1.30. The zero-order chi connectivity index (χ0) is 17.1. The molecule has 24 heavy (non-hydrogen) atoms. The normalized spacial score (nSPS) is 12.5. The number of carbonyl (C=O) groups excluding carboxylic acids is 2. The van der Waals surface area contributed by atoms with E-state index >= 15 is 0 Å². The minimum Gasteiger partial charge on any atom is -0.493 e. The number of nitrogens with one attached hydrogen (secondary N) is 2. The Morgan fingerprint density at radius 1 is 1.17 bits per heavy atom. The predicted molar refractivity (Wildman–Crippen MR) is 88.1 cm³/mol. The van der Waals surface area contributed by atoms with Crippen molar-refractivity contribution in [1.82, 2.24) is 0 Å². The van der Waals surface area contributed by atoms with Gasteiger partial charge in [0, 0.05) is 5.56 Å². The van der Waals surface area contributed by atoms with Crippen LogP contribution in [0.3, 0.4) is 0 Å². The third-order valence-corrected chi connectivity index (χ3v) is 3.54. The molecule has 1 aliphatic rings. The van der Waals surface area contributed by atoms with Crippen LogP contribution in [0.1, 0.15) is 10.4 Å². The van der Waals surface area contributed by atoms with E-state index in [1.165, 1.54) is 14.2 Å². The number of rotatable bonds is 4. The molecule has 1 aliphatic heterocycles. The highest BCUT2D eigenvalue weighted by Gasteiger charge is 2.20. The second kappa shape index (κ2) is 6.49. The molecule has 2 aromatic rings. The maximum atomic E-state index is 12.5. The molecule has 124 valence electrons. The Hall–Kier alpha value is -3.22. The van der Waals surface area contributed by atoms with Crippen LogP contribution in [0, 0.1) is 0 Å². The van der Waals surface area contributed by atoms with Crippen molar-refractivity contribution in [3.8, 4) is 17.2 Å². The third kappa shape index (κ3) is 2.96. The number of fused-ring (bicyclic) bond motifs is 1. The number of anilines is 2. The Labute approximate surface area is 138 Å². The van der Waals surface area contributed by atoms with E-state index < -0.39 is 0 Å². The van der Waals surface area contributed by atoms with Gasteiger partial charge in [-0.15, -0.1) is 0 Å². The zero-order valence-corrected chi connectivity index (χ0v) is 13.2. The van der Waals surface area contributed by atoms with Crippen LogP contribution < -0.4 is 24.8 Å². The van der Waals surface area contributed by atoms with E-state index in [0.29, 0.717) is 34.2 Å². The lowest BCUT2D eigenvalue weighted by Gasteiger charge is -2.21. The fraction of sp³-hybridized carbons (Fsp3) is 0.176. The van der Waals surface area contributed by atoms with Crippen LogP contribution in [-0.4, -0.2) is 32.6 Å². The zero-order valence-electron chi connectivity index (χ0n) is 13.2. The van der Waals surface area contributed by atoms with Gasteiger partial charge in [0.05, 0.1) is 19.9 Å². The Balaban J connectivity index is 1.87. The highest BCUT2D eigenvalue weighted by Crippen LogP contribution is 2.35. The molecule has 0 bridgehead atoms. The van der Waals surface area contributed by atoms with Crippen molar-refractivity contribution in [2.75, 3.05) is 31.5 Å².